The zero-order chi connectivity index (χ0) is 14.7. The van der Waals surface area contributed by atoms with Crippen molar-refractivity contribution in [2.24, 2.45) is 0 Å². The SMILES string of the molecule is O=C(NC1CCCCCC1Cl)c1cccc2c1OCCO2. The molecule has 1 aromatic carbocycles. The molecule has 0 aromatic heterocycles. The molecule has 2 aliphatic rings. The number of carbonyl (C=O) groups excluding carboxylic acids is 1. The second kappa shape index (κ2) is 6.56. The molecule has 1 fully saturated rings. The van der Waals surface area contributed by atoms with Gasteiger partial charge in [-0.05, 0) is 25.0 Å². The van der Waals surface area contributed by atoms with Crippen molar-refractivity contribution in [2.75, 3.05) is 13.2 Å². The lowest BCUT2D eigenvalue weighted by molar-refractivity contribution is 0.0923. The second-order valence-electron chi connectivity index (χ2n) is 5.56. The number of amides is 1. The van der Waals surface area contributed by atoms with E-state index in [-0.39, 0.29) is 17.3 Å². The normalized spacial score (nSPS) is 25.0. The largest absolute Gasteiger partial charge is 0.486 e. The van der Waals surface area contributed by atoms with Gasteiger partial charge in [0.15, 0.2) is 11.5 Å². The van der Waals surface area contributed by atoms with Crippen LogP contribution >= 0.6 is 11.6 Å². The lowest BCUT2D eigenvalue weighted by Crippen LogP contribution is -2.40. The average Bonchev–Trinajstić information content (AvgIpc) is 2.71. The summed E-state index contributed by atoms with van der Waals surface area (Å²) in [4.78, 5) is 12.5. The molecule has 1 aliphatic heterocycles. The van der Waals surface area contributed by atoms with E-state index in [4.69, 9.17) is 21.1 Å². The highest BCUT2D eigenvalue weighted by atomic mass is 35.5. The number of nitrogens with one attached hydrogen (secondary N) is 1. The van der Waals surface area contributed by atoms with Crippen molar-refractivity contribution in [2.45, 2.75) is 43.5 Å². The molecular formula is C16H20ClNO3. The number of carbonyl (C=O) groups is 1. The van der Waals surface area contributed by atoms with Crippen LogP contribution in [0.2, 0.25) is 0 Å². The van der Waals surface area contributed by atoms with Crippen LogP contribution in [0, 0.1) is 0 Å². The van der Waals surface area contributed by atoms with Gasteiger partial charge in [0.25, 0.3) is 5.91 Å². The smallest absolute Gasteiger partial charge is 0.255 e. The zero-order valence-electron chi connectivity index (χ0n) is 11.9. The van der Waals surface area contributed by atoms with Crippen molar-refractivity contribution in [3.63, 3.8) is 0 Å². The molecular weight excluding hydrogens is 290 g/mol. The maximum atomic E-state index is 12.5. The van der Waals surface area contributed by atoms with Crippen LogP contribution in [-0.2, 0) is 0 Å². The predicted molar refractivity (Wildman–Crippen MR) is 81.4 cm³/mol. The molecule has 1 amide bonds. The Balaban J connectivity index is 1.76. The third-order valence-corrected chi connectivity index (χ3v) is 4.58. The van der Waals surface area contributed by atoms with Gasteiger partial charge in [-0.15, -0.1) is 11.6 Å². The molecule has 1 heterocycles. The number of halogens is 1. The van der Waals surface area contributed by atoms with Gasteiger partial charge in [-0.2, -0.15) is 0 Å². The van der Waals surface area contributed by atoms with Crippen LogP contribution < -0.4 is 14.8 Å². The Morgan fingerprint density at radius 3 is 2.86 bits per heavy atom. The van der Waals surface area contributed by atoms with E-state index >= 15 is 0 Å². The van der Waals surface area contributed by atoms with E-state index in [1.165, 1.54) is 6.42 Å². The summed E-state index contributed by atoms with van der Waals surface area (Å²) in [6.45, 7) is 0.989. The number of alkyl halides is 1. The van der Waals surface area contributed by atoms with E-state index in [9.17, 15) is 4.79 Å². The summed E-state index contributed by atoms with van der Waals surface area (Å²) in [5.41, 5.74) is 0.528. The van der Waals surface area contributed by atoms with Gasteiger partial charge in [-0.3, -0.25) is 4.79 Å². The molecule has 114 valence electrons. The number of benzene rings is 1. The minimum atomic E-state index is -0.130. The molecule has 0 bridgehead atoms. The standard InChI is InChI=1S/C16H20ClNO3/c17-12-6-2-1-3-7-13(12)18-16(19)11-5-4-8-14-15(11)21-10-9-20-14/h4-5,8,12-13H,1-3,6-7,9-10H2,(H,18,19). The molecule has 0 saturated heterocycles. The molecule has 4 nitrogen and oxygen atoms in total. The highest BCUT2D eigenvalue weighted by Gasteiger charge is 2.26. The van der Waals surface area contributed by atoms with Gasteiger partial charge in [0.05, 0.1) is 10.9 Å². The van der Waals surface area contributed by atoms with Crippen molar-refractivity contribution in [3.8, 4) is 11.5 Å². The minimum Gasteiger partial charge on any atom is -0.486 e. The number of rotatable bonds is 2. The number of hydrogen-bond acceptors (Lipinski definition) is 3. The summed E-state index contributed by atoms with van der Waals surface area (Å²) in [5.74, 6) is 1.05. The fourth-order valence-electron chi connectivity index (χ4n) is 2.92. The molecule has 5 heteroatoms. The summed E-state index contributed by atoms with van der Waals surface area (Å²) in [5, 5.41) is 3.08. The first kappa shape index (κ1) is 14.5. The van der Waals surface area contributed by atoms with Crippen LogP contribution in [0.15, 0.2) is 18.2 Å². The van der Waals surface area contributed by atoms with E-state index in [1.807, 2.05) is 12.1 Å². The van der Waals surface area contributed by atoms with E-state index in [0.29, 0.717) is 30.3 Å². The number of para-hydroxylation sites is 1. The topological polar surface area (TPSA) is 47.6 Å². The highest BCUT2D eigenvalue weighted by Crippen LogP contribution is 2.34. The zero-order valence-corrected chi connectivity index (χ0v) is 12.7. The van der Waals surface area contributed by atoms with Crippen molar-refractivity contribution < 1.29 is 14.3 Å². The molecule has 1 aliphatic carbocycles. The molecule has 21 heavy (non-hydrogen) atoms. The molecule has 0 radical (unpaired) electrons. The Bertz CT molecular complexity index is 520. The molecule has 3 rings (SSSR count). The van der Waals surface area contributed by atoms with E-state index in [2.05, 4.69) is 5.32 Å². The van der Waals surface area contributed by atoms with Gasteiger partial charge in [0.2, 0.25) is 0 Å². The van der Waals surface area contributed by atoms with Gasteiger partial charge in [0, 0.05) is 6.04 Å². The van der Waals surface area contributed by atoms with Crippen LogP contribution in [0.1, 0.15) is 42.5 Å². The van der Waals surface area contributed by atoms with E-state index in [1.54, 1.807) is 6.07 Å². The Hall–Kier alpha value is -1.42. The van der Waals surface area contributed by atoms with Gasteiger partial charge >= 0.3 is 0 Å². The Labute approximate surface area is 129 Å². The Morgan fingerprint density at radius 1 is 1.14 bits per heavy atom. The quantitative estimate of drug-likeness (QED) is 0.674. The Kier molecular flexibility index (Phi) is 4.54. The second-order valence-corrected chi connectivity index (χ2v) is 6.12. The van der Waals surface area contributed by atoms with E-state index in [0.717, 1.165) is 25.7 Å². The first-order chi connectivity index (χ1) is 10.3. The van der Waals surface area contributed by atoms with Crippen LogP contribution in [0.25, 0.3) is 0 Å². The number of fused-ring (bicyclic) bond motifs is 1. The molecule has 1 aromatic rings. The van der Waals surface area contributed by atoms with Gasteiger partial charge < -0.3 is 14.8 Å². The van der Waals surface area contributed by atoms with Crippen LogP contribution in [0.5, 0.6) is 11.5 Å². The van der Waals surface area contributed by atoms with Gasteiger partial charge in [-0.25, -0.2) is 0 Å². The van der Waals surface area contributed by atoms with Crippen molar-refractivity contribution >= 4 is 17.5 Å². The average molecular weight is 310 g/mol. The molecule has 2 atom stereocenters. The minimum absolute atomic E-state index is 0.00755. The maximum Gasteiger partial charge on any atom is 0.255 e. The predicted octanol–water partition coefficient (Wildman–Crippen LogP) is 3.13. The van der Waals surface area contributed by atoms with Crippen LogP contribution in [0.3, 0.4) is 0 Å². The molecule has 0 spiro atoms. The lowest BCUT2D eigenvalue weighted by atomic mass is 10.1. The summed E-state index contributed by atoms with van der Waals surface area (Å²) < 4.78 is 11.1. The maximum absolute atomic E-state index is 12.5. The lowest BCUT2D eigenvalue weighted by Gasteiger charge is -2.24. The van der Waals surface area contributed by atoms with Crippen LogP contribution in [-0.4, -0.2) is 30.5 Å². The van der Waals surface area contributed by atoms with Crippen LogP contribution in [0.4, 0.5) is 0 Å². The third-order valence-electron chi connectivity index (χ3n) is 4.06. The third kappa shape index (κ3) is 3.26. The number of hydrogen-bond donors (Lipinski definition) is 1. The first-order valence-electron chi connectivity index (χ1n) is 7.59. The summed E-state index contributed by atoms with van der Waals surface area (Å²) >= 11 is 6.39. The summed E-state index contributed by atoms with van der Waals surface area (Å²) in [6.07, 6.45) is 5.33. The van der Waals surface area contributed by atoms with Crippen molar-refractivity contribution in [1.29, 1.82) is 0 Å². The fraction of sp³-hybridized carbons (Fsp3) is 0.562. The highest BCUT2D eigenvalue weighted by molar-refractivity contribution is 6.21. The fourth-order valence-corrected chi connectivity index (χ4v) is 3.27. The summed E-state index contributed by atoms with van der Waals surface area (Å²) in [7, 11) is 0. The summed E-state index contributed by atoms with van der Waals surface area (Å²) in [6, 6.07) is 5.43. The van der Waals surface area contributed by atoms with Gasteiger partial charge in [0.1, 0.15) is 13.2 Å². The molecule has 1 saturated carbocycles. The monoisotopic (exact) mass is 309 g/mol. The molecule has 2 unspecified atom stereocenters. The van der Waals surface area contributed by atoms with Crippen molar-refractivity contribution in [1.82, 2.24) is 5.32 Å². The van der Waals surface area contributed by atoms with Crippen molar-refractivity contribution in [3.05, 3.63) is 23.8 Å². The molecule has 1 N–H and O–H groups in total. The number of ether oxygens (including phenoxy) is 2. The van der Waals surface area contributed by atoms with E-state index < -0.39 is 0 Å². The Morgan fingerprint density at radius 2 is 1.95 bits per heavy atom. The van der Waals surface area contributed by atoms with Gasteiger partial charge in [-0.1, -0.05) is 25.3 Å². The first-order valence-corrected chi connectivity index (χ1v) is 8.03.